The Labute approximate surface area is 122 Å². The van der Waals surface area contributed by atoms with Gasteiger partial charge in [-0.3, -0.25) is 0 Å². The number of hydrogen-bond donors (Lipinski definition) is 1. The quantitative estimate of drug-likeness (QED) is 0.765. The molecule has 0 aromatic heterocycles. The molecule has 2 heteroatoms. The van der Waals surface area contributed by atoms with Crippen LogP contribution >= 0.6 is 11.6 Å². The lowest BCUT2D eigenvalue weighted by Crippen LogP contribution is -2.19. The summed E-state index contributed by atoms with van der Waals surface area (Å²) in [4.78, 5) is 0. The minimum absolute atomic E-state index is 0.793. The highest BCUT2D eigenvalue weighted by atomic mass is 35.5. The third kappa shape index (κ3) is 4.81. The summed E-state index contributed by atoms with van der Waals surface area (Å²) in [5.74, 6) is 0.793. The van der Waals surface area contributed by atoms with E-state index in [2.05, 4.69) is 38.2 Å². The molecule has 1 nitrogen and oxygen atoms in total. The molecule has 1 N–H and O–H groups in total. The van der Waals surface area contributed by atoms with Crippen LogP contribution in [0.15, 0.2) is 12.1 Å². The third-order valence-corrected chi connectivity index (χ3v) is 4.58. The number of hydrogen-bond acceptors (Lipinski definition) is 1. The first-order chi connectivity index (χ1) is 9.06. The van der Waals surface area contributed by atoms with Gasteiger partial charge in [-0.05, 0) is 81.2 Å². The molecule has 106 valence electrons. The van der Waals surface area contributed by atoms with Crippen molar-refractivity contribution in [3.8, 4) is 0 Å². The van der Waals surface area contributed by atoms with E-state index in [4.69, 9.17) is 11.6 Å². The summed E-state index contributed by atoms with van der Waals surface area (Å²) < 4.78 is 0. The molecule has 0 radical (unpaired) electrons. The Bertz CT molecular complexity index is 424. The first-order valence-corrected chi connectivity index (χ1v) is 7.93. The van der Waals surface area contributed by atoms with Gasteiger partial charge in [0.15, 0.2) is 0 Å². The van der Waals surface area contributed by atoms with E-state index in [1.807, 2.05) is 0 Å². The van der Waals surface area contributed by atoms with Gasteiger partial charge in [0.25, 0.3) is 0 Å². The molecular formula is C17H26ClN. The van der Waals surface area contributed by atoms with Crippen LogP contribution in [0.2, 0.25) is 5.02 Å². The second-order valence-electron chi connectivity index (χ2n) is 6.19. The lowest BCUT2D eigenvalue weighted by Gasteiger charge is -2.14. The van der Waals surface area contributed by atoms with E-state index in [0.717, 1.165) is 17.0 Å². The van der Waals surface area contributed by atoms with Crippen LogP contribution in [0.3, 0.4) is 0 Å². The van der Waals surface area contributed by atoms with Crippen LogP contribution in [0.1, 0.15) is 49.3 Å². The zero-order valence-electron chi connectivity index (χ0n) is 12.4. The Morgan fingerprint density at radius 3 is 2.63 bits per heavy atom. The topological polar surface area (TPSA) is 12.0 Å². The molecule has 1 fully saturated rings. The molecule has 0 saturated heterocycles. The molecule has 1 aromatic rings. The second kappa shape index (κ2) is 6.76. The summed E-state index contributed by atoms with van der Waals surface area (Å²) in [5.41, 5.74) is 3.99. The first kappa shape index (κ1) is 14.9. The maximum absolute atomic E-state index is 6.14. The van der Waals surface area contributed by atoms with E-state index >= 15 is 0 Å². The van der Waals surface area contributed by atoms with Crippen molar-refractivity contribution in [3.63, 3.8) is 0 Å². The average Bonchev–Trinajstić information content (AvgIpc) is 3.16. The van der Waals surface area contributed by atoms with Crippen molar-refractivity contribution in [2.75, 3.05) is 6.54 Å². The van der Waals surface area contributed by atoms with Crippen LogP contribution in [0.4, 0.5) is 0 Å². The summed E-state index contributed by atoms with van der Waals surface area (Å²) in [6.45, 7) is 7.81. The largest absolute Gasteiger partial charge is 0.314 e. The summed E-state index contributed by atoms with van der Waals surface area (Å²) in [7, 11) is 0. The van der Waals surface area contributed by atoms with E-state index in [-0.39, 0.29) is 0 Å². The maximum atomic E-state index is 6.14. The van der Waals surface area contributed by atoms with Crippen molar-refractivity contribution in [1.82, 2.24) is 5.32 Å². The van der Waals surface area contributed by atoms with Crippen LogP contribution < -0.4 is 5.32 Å². The van der Waals surface area contributed by atoms with Gasteiger partial charge in [0, 0.05) is 11.1 Å². The van der Waals surface area contributed by atoms with Crippen LogP contribution in [0.25, 0.3) is 0 Å². The zero-order chi connectivity index (χ0) is 13.8. The fourth-order valence-corrected chi connectivity index (χ4v) is 2.70. The van der Waals surface area contributed by atoms with Gasteiger partial charge in [-0.1, -0.05) is 24.6 Å². The van der Waals surface area contributed by atoms with Gasteiger partial charge in [0.05, 0.1) is 0 Å². The van der Waals surface area contributed by atoms with Crippen molar-refractivity contribution >= 4 is 11.6 Å². The Morgan fingerprint density at radius 1 is 1.21 bits per heavy atom. The number of benzene rings is 1. The van der Waals surface area contributed by atoms with Crippen molar-refractivity contribution in [2.45, 2.75) is 58.9 Å². The Morgan fingerprint density at radius 2 is 1.95 bits per heavy atom. The van der Waals surface area contributed by atoms with Crippen LogP contribution in [0, 0.1) is 19.8 Å². The molecule has 1 aromatic carbocycles. The average molecular weight is 280 g/mol. The molecule has 1 aliphatic carbocycles. The van der Waals surface area contributed by atoms with Crippen molar-refractivity contribution in [1.29, 1.82) is 0 Å². The van der Waals surface area contributed by atoms with Gasteiger partial charge in [0.1, 0.15) is 0 Å². The smallest absolute Gasteiger partial charge is 0.0438 e. The molecule has 19 heavy (non-hydrogen) atoms. The monoisotopic (exact) mass is 279 g/mol. The molecule has 0 spiro atoms. The second-order valence-corrected chi connectivity index (χ2v) is 6.60. The lowest BCUT2D eigenvalue weighted by molar-refractivity contribution is 0.469. The van der Waals surface area contributed by atoms with E-state index in [9.17, 15) is 0 Å². The first-order valence-electron chi connectivity index (χ1n) is 7.55. The Balaban J connectivity index is 1.75. The number of aryl methyl sites for hydroxylation is 3. The fourth-order valence-electron chi connectivity index (χ4n) is 2.48. The minimum atomic E-state index is 0.793. The number of nitrogens with one attached hydrogen (secondary N) is 1. The Hall–Kier alpha value is -0.530. The molecule has 0 heterocycles. The third-order valence-electron chi connectivity index (χ3n) is 4.17. The summed E-state index contributed by atoms with van der Waals surface area (Å²) in [6.07, 6.45) is 6.51. The summed E-state index contributed by atoms with van der Waals surface area (Å²) in [5, 5.41) is 4.49. The van der Waals surface area contributed by atoms with Gasteiger partial charge in [-0.15, -0.1) is 0 Å². The van der Waals surface area contributed by atoms with E-state index < -0.39 is 0 Å². The van der Waals surface area contributed by atoms with Crippen molar-refractivity contribution in [2.24, 2.45) is 5.92 Å². The van der Waals surface area contributed by atoms with Gasteiger partial charge in [-0.25, -0.2) is 0 Å². The standard InChI is InChI=1S/C17H26ClN/c1-12(8-9-19-16-6-7-16)4-5-15-10-14(3)17(18)11-13(15)2/h10-12,16,19H,4-9H2,1-3H3. The SMILES string of the molecule is Cc1cc(CCC(C)CCNC2CC2)c(C)cc1Cl. The molecule has 1 atom stereocenters. The van der Waals surface area contributed by atoms with Gasteiger partial charge in [0.2, 0.25) is 0 Å². The van der Waals surface area contributed by atoms with Gasteiger partial charge >= 0.3 is 0 Å². The van der Waals surface area contributed by atoms with Gasteiger partial charge < -0.3 is 5.32 Å². The summed E-state index contributed by atoms with van der Waals surface area (Å²) in [6, 6.07) is 5.20. The highest BCUT2D eigenvalue weighted by molar-refractivity contribution is 6.31. The maximum Gasteiger partial charge on any atom is 0.0438 e. The lowest BCUT2D eigenvalue weighted by atomic mass is 9.95. The molecule has 0 amide bonds. The molecule has 0 aliphatic heterocycles. The normalized spacial score (nSPS) is 16.6. The van der Waals surface area contributed by atoms with Crippen molar-refractivity contribution in [3.05, 3.63) is 33.8 Å². The van der Waals surface area contributed by atoms with Crippen LogP contribution in [-0.4, -0.2) is 12.6 Å². The van der Waals surface area contributed by atoms with E-state index in [0.29, 0.717) is 0 Å². The number of rotatable bonds is 7. The highest BCUT2D eigenvalue weighted by Gasteiger charge is 2.19. The van der Waals surface area contributed by atoms with Crippen LogP contribution in [0.5, 0.6) is 0 Å². The zero-order valence-corrected chi connectivity index (χ0v) is 13.2. The van der Waals surface area contributed by atoms with E-state index in [1.54, 1.807) is 0 Å². The van der Waals surface area contributed by atoms with Gasteiger partial charge in [-0.2, -0.15) is 0 Å². The fraction of sp³-hybridized carbons (Fsp3) is 0.647. The van der Waals surface area contributed by atoms with Crippen molar-refractivity contribution < 1.29 is 0 Å². The van der Waals surface area contributed by atoms with E-state index in [1.165, 1.54) is 55.3 Å². The molecule has 1 unspecified atom stereocenters. The molecule has 1 saturated carbocycles. The summed E-state index contributed by atoms with van der Waals surface area (Å²) >= 11 is 6.14. The number of halogens is 1. The highest BCUT2D eigenvalue weighted by Crippen LogP contribution is 2.23. The molecule has 1 aliphatic rings. The molecular weight excluding hydrogens is 254 g/mol. The Kier molecular flexibility index (Phi) is 5.29. The van der Waals surface area contributed by atoms with Crippen LogP contribution in [-0.2, 0) is 6.42 Å². The minimum Gasteiger partial charge on any atom is -0.314 e. The molecule has 0 bridgehead atoms. The predicted molar refractivity (Wildman–Crippen MR) is 84.1 cm³/mol. The molecule has 2 rings (SSSR count). The predicted octanol–water partition coefficient (Wildman–Crippen LogP) is 4.67.